The lowest BCUT2D eigenvalue weighted by molar-refractivity contribution is 0.175. The van der Waals surface area contributed by atoms with Crippen molar-refractivity contribution in [3.63, 3.8) is 0 Å². The van der Waals surface area contributed by atoms with Gasteiger partial charge in [0.15, 0.2) is 0 Å². The highest BCUT2D eigenvalue weighted by atomic mass is 16.3. The molecule has 0 heterocycles. The first-order chi connectivity index (χ1) is 6.24. The fourth-order valence-corrected chi connectivity index (χ4v) is 1.19. The molecule has 1 aromatic rings. The zero-order chi connectivity index (χ0) is 9.68. The van der Waals surface area contributed by atoms with E-state index in [4.69, 9.17) is 0 Å². The van der Waals surface area contributed by atoms with Crippen LogP contribution in [0.15, 0.2) is 24.3 Å². The van der Waals surface area contributed by atoms with Crippen LogP contribution < -0.4 is 5.32 Å². The molecule has 72 valence electrons. The van der Waals surface area contributed by atoms with Gasteiger partial charge in [-0.05, 0) is 19.0 Å². The Kier molecular flexibility index (Phi) is 3.93. The van der Waals surface area contributed by atoms with Crippen molar-refractivity contribution >= 4 is 0 Å². The van der Waals surface area contributed by atoms with Crippen LogP contribution in [0.25, 0.3) is 0 Å². The van der Waals surface area contributed by atoms with Gasteiger partial charge in [-0.2, -0.15) is 0 Å². The second-order valence-electron chi connectivity index (χ2n) is 3.23. The average molecular weight is 179 g/mol. The van der Waals surface area contributed by atoms with Crippen molar-refractivity contribution in [3.8, 4) is 0 Å². The molecular formula is C11H17NO. The lowest BCUT2D eigenvalue weighted by atomic mass is 10.1. The lowest BCUT2D eigenvalue weighted by Gasteiger charge is -2.11. The Bertz CT molecular complexity index is 243. The van der Waals surface area contributed by atoms with Crippen LogP contribution in [0, 0.1) is 6.92 Å². The number of hydrogen-bond acceptors (Lipinski definition) is 2. The number of likely N-dealkylation sites (N-methyl/N-ethyl adjacent to an activating group) is 1. The van der Waals surface area contributed by atoms with Gasteiger partial charge in [0.1, 0.15) is 0 Å². The van der Waals surface area contributed by atoms with Crippen molar-refractivity contribution < 1.29 is 5.11 Å². The summed E-state index contributed by atoms with van der Waals surface area (Å²) in [6, 6.07) is 7.98. The molecule has 0 saturated carbocycles. The topological polar surface area (TPSA) is 32.3 Å². The van der Waals surface area contributed by atoms with E-state index in [0.717, 1.165) is 12.1 Å². The van der Waals surface area contributed by atoms with Crippen molar-refractivity contribution in [2.24, 2.45) is 0 Å². The summed E-state index contributed by atoms with van der Waals surface area (Å²) >= 11 is 0. The van der Waals surface area contributed by atoms with Crippen LogP contribution in [0.2, 0.25) is 0 Å². The maximum Gasteiger partial charge on any atom is 0.0914 e. The second kappa shape index (κ2) is 5.00. The third-order valence-electron chi connectivity index (χ3n) is 2.05. The zero-order valence-electron chi connectivity index (χ0n) is 8.25. The molecule has 0 fully saturated rings. The van der Waals surface area contributed by atoms with Gasteiger partial charge in [-0.15, -0.1) is 0 Å². The fourth-order valence-electron chi connectivity index (χ4n) is 1.19. The number of rotatable bonds is 4. The van der Waals surface area contributed by atoms with Gasteiger partial charge in [0.2, 0.25) is 0 Å². The van der Waals surface area contributed by atoms with Crippen LogP contribution in [-0.2, 0) is 0 Å². The van der Waals surface area contributed by atoms with Crippen molar-refractivity contribution in [1.82, 2.24) is 5.32 Å². The van der Waals surface area contributed by atoms with Crippen molar-refractivity contribution in [2.45, 2.75) is 20.0 Å². The van der Waals surface area contributed by atoms with Gasteiger partial charge in [0, 0.05) is 6.54 Å². The van der Waals surface area contributed by atoms with E-state index in [9.17, 15) is 5.11 Å². The normalized spacial score (nSPS) is 12.8. The quantitative estimate of drug-likeness (QED) is 0.736. The molecule has 1 aromatic carbocycles. The molecule has 0 aliphatic carbocycles. The Hall–Kier alpha value is -0.860. The average Bonchev–Trinajstić information content (AvgIpc) is 2.15. The van der Waals surface area contributed by atoms with E-state index >= 15 is 0 Å². The summed E-state index contributed by atoms with van der Waals surface area (Å²) in [5, 5.41) is 12.8. The third-order valence-corrected chi connectivity index (χ3v) is 2.05. The minimum atomic E-state index is -0.388. The molecule has 0 amide bonds. The molecule has 0 aliphatic rings. The highest BCUT2D eigenvalue weighted by Crippen LogP contribution is 2.12. The number of aliphatic hydroxyl groups is 1. The Morgan fingerprint density at radius 1 is 1.31 bits per heavy atom. The van der Waals surface area contributed by atoms with Gasteiger partial charge >= 0.3 is 0 Å². The van der Waals surface area contributed by atoms with E-state index in [2.05, 4.69) is 5.32 Å². The lowest BCUT2D eigenvalue weighted by Crippen LogP contribution is -2.20. The van der Waals surface area contributed by atoms with Gasteiger partial charge in [0.05, 0.1) is 6.10 Å². The molecule has 0 unspecified atom stereocenters. The number of aryl methyl sites for hydroxylation is 1. The molecule has 0 bridgehead atoms. The van der Waals surface area contributed by atoms with E-state index in [0.29, 0.717) is 6.54 Å². The summed E-state index contributed by atoms with van der Waals surface area (Å²) < 4.78 is 0. The van der Waals surface area contributed by atoms with Crippen LogP contribution in [0.4, 0.5) is 0 Å². The fraction of sp³-hybridized carbons (Fsp3) is 0.455. The van der Waals surface area contributed by atoms with Crippen LogP contribution in [0.3, 0.4) is 0 Å². The first-order valence-corrected chi connectivity index (χ1v) is 4.69. The van der Waals surface area contributed by atoms with Crippen molar-refractivity contribution in [3.05, 3.63) is 35.4 Å². The predicted molar refractivity (Wildman–Crippen MR) is 54.7 cm³/mol. The highest BCUT2D eigenvalue weighted by Gasteiger charge is 2.04. The molecule has 1 rings (SSSR count). The number of nitrogens with one attached hydrogen (secondary N) is 1. The van der Waals surface area contributed by atoms with Gasteiger partial charge in [-0.1, -0.05) is 36.8 Å². The maximum atomic E-state index is 9.68. The Balaban J connectivity index is 2.55. The predicted octanol–water partition coefficient (Wildman–Crippen LogP) is 1.64. The molecule has 2 N–H and O–H groups in total. The summed E-state index contributed by atoms with van der Waals surface area (Å²) in [6.45, 7) is 5.59. The van der Waals surface area contributed by atoms with E-state index in [1.807, 2.05) is 38.1 Å². The first-order valence-electron chi connectivity index (χ1n) is 4.69. The molecule has 0 aromatic heterocycles. The molecule has 2 nitrogen and oxygen atoms in total. The molecule has 1 atom stereocenters. The minimum Gasteiger partial charge on any atom is -0.387 e. The van der Waals surface area contributed by atoms with Gasteiger partial charge < -0.3 is 10.4 Å². The standard InChI is InChI=1S/C11H17NO/c1-3-12-8-11(13)10-6-4-9(2)5-7-10/h4-7,11-13H,3,8H2,1-2H3/t11-/m1/s1. The van der Waals surface area contributed by atoms with E-state index in [1.165, 1.54) is 5.56 Å². The van der Waals surface area contributed by atoms with Crippen LogP contribution >= 0.6 is 0 Å². The zero-order valence-corrected chi connectivity index (χ0v) is 8.25. The van der Waals surface area contributed by atoms with Crippen molar-refractivity contribution in [2.75, 3.05) is 13.1 Å². The molecule has 0 aliphatic heterocycles. The molecule has 13 heavy (non-hydrogen) atoms. The Morgan fingerprint density at radius 2 is 1.92 bits per heavy atom. The molecule has 0 saturated heterocycles. The van der Waals surface area contributed by atoms with Crippen LogP contribution in [-0.4, -0.2) is 18.2 Å². The molecular weight excluding hydrogens is 162 g/mol. The summed E-state index contributed by atoms with van der Waals surface area (Å²) in [4.78, 5) is 0. The monoisotopic (exact) mass is 179 g/mol. The second-order valence-corrected chi connectivity index (χ2v) is 3.23. The van der Waals surface area contributed by atoms with Crippen LogP contribution in [0.1, 0.15) is 24.2 Å². The highest BCUT2D eigenvalue weighted by molar-refractivity contribution is 5.23. The Morgan fingerprint density at radius 3 is 2.46 bits per heavy atom. The number of aliphatic hydroxyl groups excluding tert-OH is 1. The van der Waals surface area contributed by atoms with Gasteiger partial charge in [0.25, 0.3) is 0 Å². The summed E-state index contributed by atoms with van der Waals surface area (Å²) in [5.41, 5.74) is 2.20. The molecule has 0 spiro atoms. The third kappa shape index (κ3) is 3.17. The smallest absolute Gasteiger partial charge is 0.0914 e. The summed E-state index contributed by atoms with van der Waals surface area (Å²) in [6.07, 6.45) is -0.388. The van der Waals surface area contributed by atoms with E-state index in [-0.39, 0.29) is 6.10 Å². The SMILES string of the molecule is CCNC[C@@H](O)c1ccc(C)cc1. The maximum absolute atomic E-state index is 9.68. The first kappa shape index (κ1) is 10.2. The number of benzene rings is 1. The molecule has 2 heteroatoms. The van der Waals surface area contributed by atoms with Crippen LogP contribution in [0.5, 0.6) is 0 Å². The summed E-state index contributed by atoms with van der Waals surface area (Å²) in [7, 11) is 0. The van der Waals surface area contributed by atoms with E-state index in [1.54, 1.807) is 0 Å². The van der Waals surface area contributed by atoms with E-state index < -0.39 is 0 Å². The Labute approximate surface area is 79.6 Å². The van der Waals surface area contributed by atoms with Crippen molar-refractivity contribution in [1.29, 1.82) is 0 Å². The van der Waals surface area contributed by atoms with Gasteiger partial charge in [-0.3, -0.25) is 0 Å². The summed E-state index contributed by atoms with van der Waals surface area (Å²) in [5.74, 6) is 0. The minimum absolute atomic E-state index is 0.388. The molecule has 0 radical (unpaired) electrons. The van der Waals surface area contributed by atoms with Gasteiger partial charge in [-0.25, -0.2) is 0 Å². The largest absolute Gasteiger partial charge is 0.387 e. The number of hydrogen-bond donors (Lipinski definition) is 2.